The average molecular weight is 340 g/mol. The highest BCUT2D eigenvalue weighted by Gasteiger charge is 2.21. The van der Waals surface area contributed by atoms with Crippen molar-refractivity contribution in [3.63, 3.8) is 0 Å². The quantitative estimate of drug-likeness (QED) is 0.406. The molecule has 0 radical (unpaired) electrons. The van der Waals surface area contributed by atoms with Gasteiger partial charge in [0, 0.05) is 0 Å². The lowest BCUT2D eigenvalue weighted by Crippen LogP contribution is -2.43. The second-order valence-corrected chi connectivity index (χ2v) is 6.73. The Morgan fingerprint density at radius 2 is 1.74 bits per heavy atom. The average Bonchev–Trinajstić information content (AvgIpc) is 2.51. The lowest BCUT2D eigenvalue weighted by Gasteiger charge is -2.13. The Morgan fingerprint density at radius 3 is 2.26 bits per heavy atom. The molecule has 1 rings (SSSR count). The third-order valence-corrected chi connectivity index (χ3v) is 4.62. The Balaban J connectivity index is 2.76. The Kier molecular flexibility index (Phi) is 6.40. The number of carbonyl (C=O) groups excluding carboxylic acids is 1. The highest BCUT2D eigenvalue weighted by Crippen LogP contribution is 2.10. The zero-order valence-corrected chi connectivity index (χ0v) is 14.2. The number of nitrogens with one attached hydrogen (secondary N) is 2. The van der Waals surface area contributed by atoms with Crippen LogP contribution in [0.3, 0.4) is 0 Å². The molecule has 0 saturated heterocycles. The number of hydrogen-bond acceptors (Lipinski definition) is 6. The van der Waals surface area contributed by atoms with E-state index in [-0.39, 0.29) is 10.6 Å². The third kappa shape index (κ3) is 5.46. The van der Waals surface area contributed by atoms with E-state index >= 15 is 0 Å². The number of benzene rings is 1. The van der Waals surface area contributed by atoms with Crippen LogP contribution in [0.1, 0.15) is 26.3 Å². The van der Waals surface area contributed by atoms with Crippen LogP contribution in [0.5, 0.6) is 0 Å². The summed E-state index contributed by atoms with van der Waals surface area (Å²) in [6.45, 7) is 6.29. The topological polar surface area (TPSA) is 120 Å². The fourth-order valence-electron chi connectivity index (χ4n) is 1.46. The Labute approximate surface area is 135 Å². The van der Waals surface area contributed by atoms with Gasteiger partial charge in [0.05, 0.1) is 22.4 Å². The number of carbonyl (C=O) groups is 1. The minimum absolute atomic E-state index is 0.0747. The van der Waals surface area contributed by atoms with Gasteiger partial charge in [0.15, 0.2) is 0 Å². The second-order valence-electron chi connectivity index (χ2n) is 5.01. The maximum absolute atomic E-state index is 12.2. The van der Waals surface area contributed by atoms with Crippen LogP contribution in [0.2, 0.25) is 0 Å². The van der Waals surface area contributed by atoms with Crippen LogP contribution in [0.15, 0.2) is 39.4 Å². The number of oxime groups is 1. The van der Waals surface area contributed by atoms with Crippen LogP contribution < -0.4 is 10.1 Å². The molecule has 0 saturated carbocycles. The Morgan fingerprint density at radius 1 is 1.17 bits per heavy atom. The van der Waals surface area contributed by atoms with Crippen molar-refractivity contribution in [3.05, 3.63) is 29.8 Å². The monoisotopic (exact) mass is 340 g/mol. The number of aryl methyl sites for hydroxylation is 1. The van der Waals surface area contributed by atoms with Gasteiger partial charge < -0.3 is 5.21 Å². The Hall–Kier alpha value is -2.26. The van der Waals surface area contributed by atoms with Gasteiger partial charge in [0.1, 0.15) is 0 Å². The first-order valence-electron chi connectivity index (χ1n) is 6.79. The van der Waals surface area contributed by atoms with Crippen LogP contribution in [0, 0.1) is 6.92 Å². The summed E-state index contributed by atoms with van der Waals surface area (Å²) in [4.78, 5) is 11.9. The van der Waals surface area contributed by atoms with Crippen molar-refractivity contribution in [2.24, 2.45) is 10.3 Å². The summed E-state index contributed by atoms with van der Waals surface area (Å²) in [5.41, 5.74) is 3.68. The fraction of sp³-hybridized carbons (Fsp3) is 0.357. The summed E-state index contributed by atoms with van der Waals surface area (Å²) >= 11 is 0. The summed E-state index contributed by atoms with van der Waals surface area (Å²) in [7, 11) is -3.80. The molecule has 1 atom stereocenters. The summed E-state index contributed by atoms with van der Waals surface area (Å²) in [5.74, 6) is -0.634. The molecular weight excluding hydrogens is 320 g/mol. The molecule has 0 fully saturated rings. The third-order valence-electron chi connectivity index (χ3n) is 3.06. The van der Waals surface area contributed by atoms with Gasteiger partial charge in [-0.15, -0.1) is 0 Å². The SMILES string of the molecule is CC(=N/O)/C(C)=N/NC(=O)C(C)NS(=O)(=O)c1ccc(C)cc1. The summed E-state index contributed by atoms with van der Waals surface area (Å²) < 4.78 is 26.6. The van der Waals surface area contributed by atoms with Crippen molar-refractivity contribution >= 4 is 27.4 Å². The van der Waals surface area contributed by atoms with Gasteiger partial charge in [-0.2, -0.15) is 9.82 Å². The standard InChI is InChI=1S/C14H20N4O4S/c1-9-5-7-13(8-6-9)23(21,22)18-12(4)14(19)16-15-10(2)11(3)17-20/h5-8,12,18,20H,1-4H3,(H,16,19)/b15-10+,17-11-. The van der Waals surface area contributed by atoms with Crippen molar-refractivity contribution in [3.8, 4) is 0 Å². The first-order chi connectivity index (χ1) is 10.7. The number of nitrogens with zero attached hydrogens (tertiary/aromatic N) is 2. The van der Waals surface area contributed by atoms with E-state index in [0.29, 0.717) is 5.71 Å². The predicted octanol–water partition coefficient (Wildman–Crippen LogP) is 1.00. The van der Waals surface area contributed by atoms with Crippen molar-refractivity contribution in [1.82, 2.24) is 10.1 Å². The minimum Gasteiger partial charge on any atom is -0.411 e. The first-order valence-corrected chi connectivity index (χ1v) is 8.28. The van der Waals surface area contributed by atoms with E-state index in [2.05, 4.69) is 20.4 Å². The van der Waals surface area contributed by atoms with E-state index in [1.54, 1.807) is 12.1 Å². The minimum atomic E-state index is -3.80. The molecule has 0 aliphatic heterocycles. The van der Waals surface area contributed by atoms with E-state index in [1.807, 2.05) is 6.92 Å². The zero-order valence-electron chi connectivity index (χ0n) is 13.4. The van der Waals surface area contributed by atoms with E-state index in [9.17, 15) is 13.2 Å². The molecule has 0 aliphatic rings. The lowest BCUT2D eigenvalue weighted by molar-refractivity contribution is -0.122. The van der Waals surface area contributed by atoms with Gasteiger partial charge in [-0.3, -0.25) is 4.79 Å². The maximum Gasteiger partial charge on any atom is 0.257 e. The van der Waals surface area contributed by atoms with Crippen molar-refractivity contribution in [1.29, 1.82) is 0 Å². The molecule has 0 bridgehead atoms. The molecule has 1 aromatic carbocycles. The number of rotatable bonds is 6. The molecule has 3 N–H and O–H groups in total. The van der Waals surface area contributed by atoms with Crippen LogP contribution in [-0.2, 0) is 14.8 Å². The number of hydrazone groups is 1. The normalized spacial score (nSPS) is 14.4. The molecule has 0 heterocycles. The zero-order chi connectivity index (χ0) is 17.6. The van der Waals surface area contributed by atoms with Crippen LogP contribution in [0.25, 0.3) is 0 Å². The van der Waals surface area contributed by atoms with Crippen molar-refractivity contribution in [2.75, 3.05) is 0 Å². The van der Waals surface area contributed by atoms with E-state index in [1.165, 1.54) is 32.9 Å². The molecule has 23 heavy (non-hydrogen) atoms. The molecule has 9 heteroatoms. The fourth-order valence-corrected chi connectivity index (χ4v) is 2.66. The van der Waals surface area contributed by atoms with Crippen LogP contribution >= 0.6 is 0 Å². The molecule has 0 aromatic heterocycles. The summed E-state index contributed by atoms with van der Waals surface area (Å²) in [5, 5.41) is 15.2. The highest BCUT2D eigenvalue weighted by molar-refractivity contribution is 7.89. The van der Waals surface area contributed by atoms with Gasteiger partial charge in [0.25, 0.3) is 5.91 Å². The van der Waals surface area contributed by atoms with Crippen molar-refractivity contribution in [2.45, 2.75) is 38.6 Å². The molecule has 1 amide bonds. The van der Waals surface area contributed by atoms with E-state index in [0.717, 1.165) is 5.56 Å². The molecule has 0 spiro atoms. The van der Waals surface area contributed by atoms with Crippen LogP contribution in [0.4, 0.5) is 0 Å². The summed E-state index contributed by atoms with van der Waals surface area (Å²) in [6.07, 6.45) is 0. The molecule has 0 aliphatic carbocycles. The number of hydrogen-bond donors (Lipinski definition) is 3. The van der Waals surface area contributed by atoms with Gasteiger partial charge in [0.2, 0.25) is 10.0 Å². The molecule has 1 aromatic rings. The van der Waals surface area contributed by atoms with E-state index in [4.69, 9.17) is 5.21 Å². The largest absolute Gasteiger partial charge is 0.411 e. The first kappa shape index (κ1) is 18.8. The van der Waals surface area contributed by atoms with Crippen molar-refractivity contribution < 1.29 is 18.4 Å². The smallest absolute Gasteiger partial charge is 0.257 e. The van der Waals surface area contributed by atoms with Gasteiger partial charge in [-0.25, -0.2) is 13.8 Å². The van der Waals surface area contributed by atoms with Gasteiger partial charge in [-0.05, 0) is 39.8 Å². The number of amides is 1. The Bertz CT molecular complexity index is 724. The highest BCUT2D eigenvalue weighted by atomic mass is 32.2. The lowest BCUT2D eigenvalue weighted by atomic mass is 10.2. The maximum atomic E-state index is 12.2. The molecule has 8 nitrogen and oxygen atoms in total. The second kappa shape index (κ2) is 7.84. The van der Waals surface area contributed by atoms with Crippen LogP contribution in [-0.4, -0.2) is 37.0 Å². The summed E-state index contributed by atoms with van der Waals surface area (Å²) in [6, 6.07) is 5.25. The van der Waals surface area contributed by atoms with E-state index < -0.39 is 22.0 Å². The molecule has 1 unspecified atom stereocenters. The predicted molar refractivity (Wildman–Crippen MR) is 87.1 cm³/mol. The molecular formula is C14H20N4O4S. The molecule has 126 valence electrons. The number of sulfonamides is 1. The van der Waals surface area contributed by atoms with Gasteiger partial charge >= 0.3 is 0 Å². The van der Waals surface area contributed by atoms with Gasteiger partial charge in [-0.1, -0.05) is 22.9 Å².